The highest BCUT2D eigenvalue weighted by molar-refractivity contribution is 8.33. The lowest BCUT2D eigenvalue weighted by Gasteiger charge is -2.39. The van der Waals surface area contributed by atoms with Crippen molar-refractivity contribution in [3.05, 3.63) is 23.3 Å². The Labute approximate surface area is 175 Å². The van der Waals surface area contributed by atoms with Crippen LogP contribution in [0.25, 0.3) is 0 Å². The smallest absolute Gasteiger partial charge is 0.277 e. The van der Waals surface area contributed by atoms with Crippen molar-refractivity contribution in [2.24, 2.45) is 16.7 Å². The first-order valence-corrected chi connectivity index (χ1v) is 14.0. The summed E-state index contributed by atoms with van der Waals surface area (Å²) >= 11 is 0. The highest BCUT2D eigenvalue weighted by Gasteiger charge is 2.65. The Bertz CT molecular complexity index is 936. The van der Waals surface area contributed by atoms with Crippen molar-refractivity contribution in [3.8, 4) is 5.75 Å². The van der Waals surface area contributed by atoms with Crippen molar-refractivity contribution in [1.82, 2.24) is 0 Å². The van der Waals surface area contributed by atoms with Crippen LogP contribution in [-0.4, -0.2) is 36.6 Å². The molecule has 2 aliphatic carbocycles. The van der Waals surface area contributed by atoms with Gasteiger partial charge in [-0.05, 0) is 74.1 Å². The second-order valence-electron chi connectivity index (χ2n) is 9.77. The molecule has 0 aromatic heterocycles. The lowest BCUT2D eigenvalue weighted by Crippen LogP contribution is -2.42. The molecule has 0 spiro atoms. The average Bonchev–Trinajstić information content (AvgIpc) is 3.22. The second-order valence-corrected chi connectivity index (χ2v) is 14.6. The number of hydrogen-bond donors (Lipinski definition) is 1. The van der Waals surface area contributed by atoms with Gasteiger partial charge in [0.1, 0.15) is 11.5 Å². The number of hydrogen-bond acceptors (Lipinski definition) is 5. The summed E-state index contributed by atoms with van der Waals surface area (Å²) in [7, 11) is -5.87. The predicted molar refractivity (Wildman–Crippen MR) is 116 cm³/mol. The van der Waals surface area contributed by atoms with Gasteiger partial charge in [0.2, 0.25) is 0 Å². The maximum atomic E-state index is 13.4. The van der Waals surface area contributed by atoms with Crippen molar-refractivity contribution < 1.29 is 21.9 Å². The predicted octanol–water partition coefficient (Wildman–Crippen LogP) is 4.62. The number of aryl methyl sites for hydroxylation is 2. The Kier molecular flexibility index (Phi) is 4.91. The third-order valence-electron chi connectivity index (χ3n) is 7.89. The van der Waals surface area contributed by atoms with Crippen LogP contribution in [-0.2, 0) is 18.5 Å². The van der Waals surface area contributed by atoms with Gasteiger partial charge in [-0.3, -0.25) is 4.79 Å². The number of ketones is 1. The molecule has 3 aliphatic rings. The SMILES string of the molecule is Cc1cc(S2(OS(=O)(=O)CC34CCC(CC3=O)C4(C)C)CCCC2)cc(C)c1O. The number of carbonyl (C=O) groups is 1. The summed E-state index contributed by atoms with van der Waals surface area (Å²) in [4.78, 5) is 13.7. The number of phenolic OH excluding ortho intramolecular Hbond substituents is 1. The molecule has 0 radical (unpaired) electrons. The van der Waals surface area contributed by atoms with Gasteiger partial charge in [-0.25, -0.2) is 3.63 Å². The van der Waals surface area contributed by atoms with Gasteiger partial charge in [0.05, 0.1) is 11.2 Å². The molecule has 29 heavy (non-hydrogen) atoms. The van der Waals surface area contributed by atoms with E-state index in [1.54, 1.807) is 0 Å². The molecule has 7 heteroatoms. The topological polar surface area (TPSA) is 80.7 Å². The first-order chi connectivity index (χ1) is 13.4. The molecule has 1 aliphatic heterocycles. The largest absolute Gasteiger partial charge is 0.507 e. The van der Waals surface area contributed by atoms with E-state index in [4.69, 9.17) is 3.63 Å². The van der Waals surface area contributed by atoms with Crippen LogP contribution < -0.4 is 0 Å². The molecule has 1 saturated heterocycles. The van der Waals surface area contributed by atoms with Gasteiger partial charge >= 0.3 is 0 Å². The summed E-state index contributed by atoms with van der Waals surface area (Å²) in [5.74, 6) is 1.84. The second kappa shape index (κ2) is 6.72. The summed E-state index contributed by atoms with van der Waals surface area (Å²) in [6.07, 6.45) is 3.92. The minimum Gasteiger partial charge on any atom is -0.507 e. The molecular formula is C22H32O5S2. The minimum atomic E-state index is -3.88. The first kappa shape index (κ1) is 21.2. The molecule has 4 rings (SSSR count). The number of rotatable bonds is 5. The number of aromatic hydroxyl groups is 1. The van der Waals surface area contributed by atoms with E-state index in [0.717, 1.165) is 35.3 Å². The monoisotopic (exact) mass is 440 g/mol. The van der Waals surface area contributed by atoms with E-state index in [1.807, 2.05) is 26.0 Å². The van der Waals surface area contributed by atoms with Crippen LogP contribution in [0.2, 0.25) is 0 Å². The summed E-state index contributed by atoms with van der Waals surface area (Å²) in [6, 6.07) is 3.76. The van der Waals surface area contributed by atoms with Crippen molar-refractivity contribution in [1.29, 1.82) is 0 Å². The van der Waals surface area contributed by atoms with Gasteiger partial charge in [0.25, 0.3) is 10.1 Å². The lowest BCUT2D eigenvalue weighted by molar-refractivity contribution is -0.128. The van der Waals surface area contributed by atoms with Gasteiger partial charge in [-0.1, -0.05) is 24.2 Å². The Morgan fingerprint density at radius 2 is 1.76 bits per heavy atom. The summed E-state index contributed by atoms with van der Waals surface area (Å²) in [5, 5.41) is 10.1. The van der Waals surface area contributed by atoms with E-state index >= 15 is 0 Å². The molecule has 1 heterocycles. The fourth-order valence-corrected chi connectivity index (χ4v) is 12.6. The average molecular weight is 441 g/mol. The third-order valence-corrected chi connectivity index (χ3v) is 13.6. The van der Waals surface area contributed by atoms with Crippen molar-refractivity contribution in [3.63, 3.8) is 0 Å². The highest BCUT2D eigenvalue weighted by Crippen LogP contribution is 2.67. The Balaban J connectivity index is 1.68. The summed E-state index contributed by atoms with van der Waals surface area (Å²) in [6.45, 7) is 7.77. The van der Waals surface area contributed by atoms with Crippen LogP contribution in [0.15, 0.2) is 17.0 Å². The zero-order valence-electron chi connectivity index (χ0n) is 17.8. The molecule has 2 unspecified atom stereocenters. The van der Waals surface area contributed by atoms with E-state index in [2.05, 4.69) is 13.8 Å². The van der Waals surface area contributed by atoms with Gasteiger partial charge < -0.3 is 5.11 Å². The van der Waals surface area contributed by atoms with Gasteiger partial charge in [-0.15, -0.1) is 0 Å². The standard InChI is InChI=1S/C22H32O5S2/c1-15-11-18(12-16(2)20(15)24)28(9-5-6-10-28)27-29(25,26)14-22-8-7-17(13-19(22)23)21(22,3)4/h11-12,17,24H,5-10,13-14H2,1-4H3. The Hall–Kier alpha value is -1.05. The fourth-order valence-electron chi connectivity index (χ4n) is 5.88. The minimum absolute atomic E-state index is 0.0951. The molecule has 2 bridgehead atoms. The molecule has 1 N–H and O–H groups in total. The lowest BCUT2D eigenvalue weighted by atomic mass is 9.70. The van der Waals surface area contributed by atoms with Crippen LogP contribution in [0, 0.1) is 30.6 Å². The van der Waals surface area contributed by atoms with Crippen LogP contribution in [0.3, 0.4) is 0 Å². The van der Waals surface area contributed by atoms with E-state index in [1.165, 1.54) is 0 Å². The fraction of sp³-hybridized carbons (Fsp3) is 0.682. The molecule has 162 valence electrons. The Morgan fingerprint density at radius 1 is 1.17 bits per heavy atom. The van der Waals surface area contributed by atoms with Crippen molar-refractivity contribution in [2.75, 3.05) is 17.3 Å². The molecule has 1 aromatic carbocycles. The van der Waals surface area contributed by atoms with Gasteiger partial charge in [0.15, 0.2) is 0 Å². The molecule has 0 amide bonds. The molecule has 3 fully saturated rings. The molecule has 2 saturated carbocycles. The number of carbonyl (C=O) groups excluding carboxylic acids is 1. The quantitative estimate of drug-likeness (QED) is 0.722. The number of benzene rings is 1. The molecule has 5 nitrogen and oxygen atoms in total. The van der Waals surface area contributed by atoms with E-state index in [9.17, 15) is 18.3 Å². The Morgan fingerprint density at radius 3 is 2.24 bits per heavy atom. The zero-order chi connectivity index (χ0) is 21.2. The number of phenols is 1. The van der Waals surface area contributed by atoms with Gasteiger partial charge in [-0.2, -0.15) is 8.42 Å². The highest BCUT2D eigenvalue weighted by atomic mass is 32.3. The number of fused-ring (bicyclic) bond motifs is 2. The van der Waals surface area contributed by atoms with E-state index in [0.29, 0.717) is 24.3 Å². The van der Waals surface area contributed by atoms with Crippen molar-refractivity contribution >= 4 is 26.2 Å². The number of Topliss-reactive ketones (excluding diaryl/α,β-unsaturated/α-hetero) is 1. The van der Waals surface area contributed by atoms with Crippen LogP contribution in [0.4, 0.5) is 0 Å². The normalized spacial score (nSPS) is 31.3. The first-order valence-electron chi connectivity index (χ1n) is 10.5. The van der Waals surface area contributed by atoms with Crippen LogP contribution >= 0.6 is 10.3 Å². The van der Waals surface area contributed by atoms with E-state index in [-0.39, 0.29) is 28.6 Å². The molecule has 1 aromatic rings. The zero-order valence-corrected chi connectivity index (χ0v) is 19.4. The summed E-state index contributed by atoms with van der Waals surface area (Å²) in [5.41, 5.74) is 0.370. The third kappa shape index (κ3) is 3.15. The maximum Gasteiger partial charge on any atom is 0.277 e. The maximum absolute atomic E-state index is 13.4. The molecular weight excluding hydrogens is 408 g/mol. The van der Waals surface area contributed by atoms with Crippen LogP contribution in [0.1, 0.15) is 57.1 Å². The van der Waals surface area contributed by atoms with Crippen LogP contribution in [0.5, 0.6) is 5.75 Å². The van der Waals surface area contributed by atoms with Gasteiger partial charge in [0, 0.05) is 22.8 Å². The molecule has 2 atom stereocenters. The van der Waals surface area contributed by atoms with E-state index < -0.39 is 25.8 Å². The summed E-state index contributed by atoms with van der Waals surface area (Å²) < 4.78 is 32.8. The van der Waals surface area contributed by atoms with Crippen molar-refractivity contribution in [2.45, 2.75) is 64.7 Å².